The summed E-state index contributed by atoms with van der Waals surface area (Å²) < 4.78 is 39.0. The molecule has 3 unspecified atom stereocenters. The Morgan fingerprint density at radius 3 is 2.16 bits per heavy atom. The molecule has 0 saturated carbocycles. The molecular weight excluding hydrogens is 722 g/mol. The van der Waals surface area contributed by atoms with Crippen molar-refractivity contribution in [2.24, 2.45) is 0 Å². The van der Waals surface area contributed by atoms with E-state index in [1.807, 2.05) is 60.7 Å². The molecule has 2 fully saturated rings. The predicted octanol–water partition coefficient (Wildman–Crippen LogP) is 2.37. The summed E-state index contributed by atoms with van der Waals surface area (Å²) in [4.78, 5) is 4.33. The molecule has 6 heterocycles. The zero-order chi connectivity index (χ0) is 38.1. The largest absolute Gasteiger partial charge is 0.491 e. The molecule has 0 radical (unpaired) electrons. The minimum absolute atomic E-state index is 0.272. The second kappa shape index (κ2) is 17.7. The second-order valence-corrected chi connectivity index (χ2v) is 13.2. The SMILES string of the molecule is COCCOCCOCCOc1ccc(C2CN(c3ccc4nnnn4n3)CCO2)cc1C1CN(c2ccc3nnnn3n2)CC(c2cccc(CC#N)c2)O1. The number of rotatable bonds is 16. The minimum atomic E-state index is -0.464. The van der Waals surface area contributed by atoms with E-state index in [0.717, 1.165) is 28.1 Å². The van der Waals surface area contributed by atoms with Crippen LogP contribution >= 0.6 is 0 Å². The molecule has 3 atom stereocenters. The van der Waals surface area contributed by atoms with Gasteiger partial charge in [-0.2, -0.15) is 5.26 Å². The number of anilines is 2. The van der Waals surface area contributed by atoms with Gasteiger partial charge in [0.25, 0.3) is 0 Å². The van der Waals surface area contributed by atoms with E-state index in [1.54, 1.807) is 7.11 Å². The summed E-state index contributed by atoms with van der Waals surface area (Å²) in [6.07, 6.45) is -0.811. The van der Waals surface area contributed by atoms with Crippen molar-refractivity contribution in [3.8, 4) is 11.8 Å². The number of hydrogen-bond donors (Lipinski definition) is 0. The maximum Gasteiger partial charge on any atom is 0.200 e. The lowest BCUT2D eigenvalue weighted by molar-refractivity contribution is -0.0314. The Morgan fingerprint density at radius 2 is 1.41 bits per heavy atom. The first kappa shape index (κ1) is 37.0. The van der Waals surface area contributed by atoms with Gasteiger partial charge < -0.3 is 38.2 Å². The van der Waals surface area contributed by atoms with Crippen LogP contribution in [0.4, 0.5) is 11.6 Å². The highest BCUT2D eigenvalue weighted by molar-refractivity contribution is 5.49. The molecule has 56 heavy (non-hydrogen) atoms. The highest BCUT2D eigenvalue weighted by Crippen LogP contribution is 2.40. The highest BCUT2D eigenvalue weighted by Gasteiger charge is 2.34. The zero-order valence-corrected chi connectivity index (χ0v) is 30.8. The van der Waals surface area contributed by atoms with Gasteiger partial charge in [0.2, 0.25) is 0 Å². The summed E-state index contributed by atoms with van der Waals surface area (Å²) >= 11 is 0. The Balaban J connectivity index is 1.08. The summed E-state index contributed by atoms with van der Waals surface area (Å²) in [7, 11) is 1.64. The molecule has 0 amide bonds. The number of nitrogens with zero attached hydrogens (tertiary/aromatic N) is 13. The number of ether oxygens (including phenoxy) is 6. The Labute approximate surface area is 321 Å². The van der Waals surface area contributed by atoms with Crippen LogP contribution in [-0.2, 0) is 30.1 Å². The van der Waals surface area contributed by atoms with E-state index in [-0.39, 0.29) is 12.2 Å². The van der Waals surface area contributed by atoms with Gasteiger partial charge in [-0.05, 0) is 73.9 Å². The van der Waals surface area contributed by atoms with E-state index in [4.69, 9.17) is 33.5 Å². The van der Waals surface area contributed by atoms with Gasteiger partial charge in [0, 0.05) is 32.3 Å². The highest BCUT2D eigenvalue weighted by atomic mass is 16.6. The lowest BCUT2D eigenvalue weighted by Crippen LogP contribution is -2.41. The average Bonchev–Trinajstić information content (AvgIpc) is 3.93. The number of methoxy groups -OCH3 is 1. The maximum atomic E-state index is 9.44. The van der Waals surface area contributed by atoms with Gasteiger partial charge in [0.1, 0.15) is 30.7 Å². The van der Waals surface area contributed by atoms with Crippen molar-refractivity contribution in [1.82, 2.24) is 50.5 Å². The fourth-order valence-electron chi connectivity index (χ4n) is 6.80. The minimum Gasteiger partial charge on any atom is -0.491 e. The first-order valence-corrected chi connectivity index (χ1v) is 18.4. The van der Waals surface area contributed by atoms with Crippen LogP contribution in [0.5, 0.6) is 5.75 Å². The summed E-state index contributed by atoms with van der Waals surface area (Å²) in [6, 6.07) is 23.9. The molecule has 0 N–H and O–H groups in total. The Kier molecular flexibility index (Phi) is 11.7. The maximum absolute atomic E-state index is 9.44. The van der Waals surface area contributed by atoms with E-state index in [9.17, 15) is 5.26 Å². The number of aromatic nitrogens is 10. The number of tetrazole rings is 2. The summed E-state index contributed by atoms with van der Waals surface area (Å²) in [5.74, 6) is 2.11. The number of fused-ring (bicyclic) bond motifs is 2. The molecule has 2 aliphatic rings. The van der Waals surface area contributed by atoms with Crippen LogP contribution in [0.2, 0.25) is 0 Å². The monoisotopic (exact) mass is 763 g/mol. The van der Waals surface area contributed by atoms with Crippen LogP contribution in [0.3, 0.4) is 0 Å². The zero-order valence-electron chi connectivity index (χ0n) is 30.8. The molecule has 2 saturated heterocycles. The quantitative estimate of drug-likeness (QED) is 0.130. The summed E-state index contributed by atoms with van der Waals surface area (Å²) in [6.45, 7) is 5.32. The first-order chi connectivity index (χ1) is 27.6. The van der Waals surface area contributed by atoms with E-state index >= 15 is 0 Å². The summed E-state index contributed by atoms with van der Waals surface area (Å²) in [5, 5.41) is 42.3. The average molecular weight is 764 g/mol. The molecule has 4 aromatic heterocycles. The van der Waals surface area contributed by atoms with Gasteiger partial charge in [-0.1, -0.05) is 30.3 Å². The topological polar surface area (TPSA) is 198 Å². The number of benzene rings is 2. The van der Waals surface area contributed by atoms with Crippen LogP contribution in [0, 0.1) is 11.3 Å². The number of hydrogen-bond acceptors (Lipinski definition) is 17. The van der Waals surface area contributed by atoms with E-state index in [1.165, 1.54) is 9.26 Å². The van der Waals surface area contributed by atoms with Gasteiger partial charge in [-0.25, -0.2) is 0 Å². The molecule has 2 aliphatic heterocycles. The molecule has 290 valence electrons. The van der Waals surface area contributed by atoms with Crippen molar-refractivity contribution in [2.75, 3.05) is 89.3 Å². The number of morpholine rings is 2. The van der Waals surface area contributed by atoms with E-state index in [0.29, 0.717) is 102 Å². The molecule has 8 rings (SSSR count). The third kappa shape index (κ3) is 8.64. The normalized spacial score (nSPS) is 18.8. The van der Waals surface area contributed by atoms with Crippen molar-refractivity contribution in [2.45, 2.75) is 24.7 Å². The molecule has 0 aliphatic carbocycles. The third-order valence-electron chi connectivity index (χ3n) is 9.57. The number of nitriles is 1. The molecule has 0 spiro atoms. The Morgan fingerprint density at radius 1 is 0.732 bits per heavy atom. The molecule has 19 heteroatoms. The lowest BCUT2D eigenvalue weighted by Gasteiger charge is -2.40. The first-order valence-electron chi connectivity index (χ1n) is 18.4. The smallest absolute Gasteiger partial charge is 0.200 e. The van der Waals surface area contributed by atoms with Crippen LogP contribution in [-0.4, -0.2) is 130 Å². The molecule has 0 bridgehead atoms. The van der Waals surface area contributed by atoms with Gasteiger partial charge >= 0.3 is 0 Å². The molecular formula is C37H41N13O6. The standard InChI is InChI=1S/C37H41N13O6/c1-51-15-16-52-17-18-53-19-20-55-30-6-5-28(31-23-47(13-14-54-31)36-9-7-34-39-43-45-49(34)41-36)22-29(30)33-25-48(37-10-8-35-40-44-46-50(35)42-37)24-32(56-33)27-4-2-3-26(21-27)11-12-38/h2-10,21-22,31-33H,11,13-20,23-25H2,1H3. The van der Waals surface area contributed by atoms with Crippen LogP contribution in [0.15, 0.2) is 66.7 Å². The van der Waals surface area contributed by atoms with Crippen LogP contribution in [0.1, 0.15) is 40.6 Å². The lowest BCUT2D eigenvalue weighted by atomic mass is 9.97. The van der Waals surface area contributed by atoms with Crippen molar-refractivity contribution in [3.63, 3.8) is 0 Å². The second-order valence-electron chi connectivity index (χ2n) is 13.2. The molecule has 19 nitrogen and oxygen atoms in total. The van der Waals surface area contributed by atoms with Crippen LogP contribution < -0.4 is 14.5 Å². The summed E-state index contributed by atoms with van der Waals surface area (Å²) in [5.41, 5.74) is 4.80. The van der Waals surface area contributed by atoms with E-state index in [2.05, 4.69) is 58.1 Å². The fourth-order valence-corrected chi connectivity index (χ4v) is 6.80. The third-order valence-corrected chi connectivity index (χ3v) is 9.57. The molecule has 2 aromatic carbocycles. The van der Waals surface area contributed by atoms with Gasteiger partial charge in [-0.3, -0.25) is 0 Å². The Hall–Kier alpha value is -5.91. The van der Waals surface area contributed by atoms with Crippen molar-refractivity contribution >= 4 is 22.9 Å². The van der Waals surface area contributed by atoms with Crippen LogP contribution in [0.25, 0.3) is 11.3 Å². The van der Waals surface area contributed by atoms with E-state index < -0.39 is 6.10 Å². The van der Waals surface area contributed by atoms with Crippen molar-refractivity contribution in [1.29, 1.82) is 5.26 Å². The van der Waals surface area contributed by atoms with Gasteiger partial charge in [0.05, 0.1) is 58.7 Å². The van der Waals surface area contributed by atoms with Crippen molar-refractivity contribution < 1.29 is 28.4 Å². The molecule has 6 aromatic rings. The van der Waals surface area contributed by atoms with Gasteiger partial charge in [-0.15, -0.1) is 29.7 Å². The Bertz CT molecular complexity index is 2260. The fraction of sp³-hybridized carbons (Fsp3) is 0.432. The van der Waals surface area contributed by atoms with Crippen molar-refractivity contribution in [3.05, 3.63) is 89.0 Å². The van der Waals surface area contributed by atoms with Gasteiger partial charge in [0.15, 0.2) is 22.9 Å². The predicted molar refractivity (Wildman–Crippen MR) is 198 cm³/mol.